The van der Waals surface area contributed by atoms with Gasteiger partial charge >= 0.3 is 6.09 Å². The summed E-state index contributed by atoms with van der Waals surface area (Å²) in [6.07, 6.45) is 3.87. The first kappa shape index (κ1) is 25.0. The van der Waals surface area contributed by atoms with Crippen molar-refractivity contribution in [3.05, 3.63) is 30.3 Å². The second-order valence-electron chi connectivity index (χ2n) is 9.68. The van der Waals surface area contributed by atoms with E-state index in [1.807, 2.05) is 20.8 Å². The van der Waals surface area contributed by atoms with Crippen molar-refractivity contribution in [2.75, 3.05) is 18.7 Å². The van der Waals surface area contributed by atoms with Crippen molar-refractivity contribution in [1.29, 1.82) is 0 Å². The lowest BCUT2D eigenvalue weighted by atomic mass is 9.98. The molecule has 35 heavy (non-hydrogen) atoms. The van der Waals surface area contributed by atoms with Gasteiger partial charge in [0.15, 0.2) is 15.7 Å². The standard InChI is InChI=1S/C23H29FN4O6S/c1-23(2,3)34-22(29)28-13-6-9-17(28)18(10-13)33-21-19(32-4)20(25-12-26-21)27-16-8-7-14(11-15(16)24)35(5,30)31/h7-8,11-13,17-18H,6,9-10H2,1-5H3,(H,25,26,27)/t13?,17?,18-/m0/s1. The molecule has 2 saturated heterocycles. The number of nitrogens with zero attached hydrogens (tertiary/aromatic N) is 3. The third kappa shape index (κ3) is 5.26. The maximum atomic E-state index is 14.6. The molecule has 2 aliphatic rings. The summed E-state index contributed by atoms with van der Waals surface area (Å²) in [6, 6.07) is 3.40. The Morgan fingerprint density at radius 2 is 1.97 bits per heavy atom. The fourth-order valence-electron chi connectivity index (χ4n) is 4.47. The van der Waals surface area contributed by atoms with Gasteiger partial charge in [-0.3, -0.25) is 4.90 Å². The van der Waals surface area contributed by atoms with E-state index in [4.69, 9.17) is 14.2 Å². The first-order valence-corrected chi connectivity index (χ1v) is 13.1. The molecule has 1 aromatic carbocycles. The smallest absolute Gasteiger partial charge is 0.410 e. The molecule has 4 rings (SSSR count). The summed E-state index contributed by atoms with van der Waals surface area (Å²) < 4.78 is 55.1. The van der Waals surface area contributed by atoms with E-state index in [0.717, 1.165) is 25.2 Å². The Morgan fingerprint density at radius 3 is 2.60 bits per heavy atom. The fraction of sp³-hybridized carbons (Fsp3) is 0.522. The van der Waals surface area contributed by atoms with Crippen molar-refractivity contribution in [3.8, 4) is 11.6 Å². The van der Waals surface area contributed by atoms with E-state index in [9.17, 15) is 17.6 Å². The Kier molecular flexibility index (Phi) is 6.52. The highest BCUT2D eigenvalue weighted by molar-refractivity contribution is 7.90. The minimum atomic E-state index is -3.55. The zero-order valence-electron chi connectivity index (χ0n) is 20.2. The summed E-state index contributed by atoms with van der Waals surface area (Å²) in [5.74, 6) is -0.307. The number of rotatable bonds is 6. The maximum Gasteiger partial charge on any atom is 0.410 e. The summed E-state index contributed by atoms with van der Waals surface area (Å²) in [5, 5.41) is 2.81. The van der Waals surface area contributed by atoms with E-state index in [2.05, 4.69) is 15.3 Å². The van der Waals surface area contributed by atoms with Crippen LogP contribution in [0.15, 0.2) is 29.4 Å². The number of amides is 1. The zero-order chi connectivity index (χ0) is 25.5. The van der Waals surface area contributed by atoms with Crippen LogP contribution in [0, 0.1) is 5.82 Å². The van der Waals surface area contributed by atoms with Crippen LogP contribution < -0.4 is 14.8 Å². The van der Waals surface area contributed by atoms with Crippen LogP contribution in [0.5, 0.6) is 11.6 Å². The molecular formula is C23H29FN4O6S. The van der Waals surface area contributed by atoms with Crippen molar-refractivity contribution in [1.82, 2.24) is 14.9 Å². The third-order valence-corrected chi connectivity index (χ3v) is 7.05. The van der Waals surface area contributed by atoms with Gasteiger partial charge in [-0.1, -0.05) is 0 Å². The lowest BCUT2D eigenvalue weighted by Gasteiger charge is -2.28. The molecule has 1 aromatic heterocycles. The number of fused-ring (bicyclic) bond motifs is 2. The number of methoxy groups -OCH3 is 1. The second-order valence-corrected chi connectivity index (χ2v) is 11.7. The van der Waals surface area contributed by atoms with Gasteiger partial charge in [0.05, 0.1) is 23.7 Å². The molecule has 2 aromatic rings. The quantitative estimate of drug-likeness (QED) is 0.623. The minimum absolute atomic E-state index is 0.0105. The minimum Gasteiger partial charge on any atom is -0.489 e. The molecule has 1 amide bonds. The molecule has 2 bridgehead atoms. The van der Waals surface area contributed by atoms with Crippen LogP contribution >= 0.6 is 0 Å². The molecule has 2 unspecified atom stereocenters. The molecule has 12 heteroatoms. The molecular weight excluding hydrogens is 479 g/mol. The SMILES string of the molecule is COc1c(Nc2ccc(S(C)(=O)=O)cc2F)ncnc1O[C@H]1CC2CCC1N2C(=O)OC(C)(C)C. The van der Waals surface area contributed by atoms with E-state index in [1.54, 1.807) is 4.90 Å². The summed E-state index contributed by atoms with van der Waals surface area (Å²) in [5.41, 5.74) is -0.586. The van der Waals surface area contributed by atoms with Crippen LogP contribution in [-0.4, -0.2) is 66.5 Å². The van der Waals surface area contributed by atoms with Crippen LogP contribution in [0.1, 0.15) is 40.0 Å². The molecule has 2 fully saturated rings. The van der Waals surface area contributed by atoms with E-state index in [1.165, 1.54) is 25.6 Å². The first-order chi connectivity index (χ1) is 16.4. The highest BCUT2D eigenvalue weighted by atomic mass is 32.2. The highest BCUT2D eigenvalue weighted by Gasteiger charge is 2.51. The Balaban J connectivity index is 1.53. The fourth-order valence-corrected chi connectivity index (χ4v) is 5.11. The van der Waals surface area contributed by atoms with Gasteiger partial charge in [0.2, 0.25) is 5.75 Å². The Labute approximate surface area is 203 Å². The number of benzene rings is 1. The molecule has 0 spiro atoms. The van der Waals surface area contributed by atoms with Gasteiger partial charge < -0.3 is 19.5 Å². The number of sulfone groups is 1. The van der Waals surface area contributed by atoms with Crippen LogP contribution in [0.25, 0.3) is 0 Å². The van der Waals surface area contributed by atoms with Crippen molar-refractivity contribution < 1.29 is 31.8 Å². The molecule has 3 heterocycles. The summed E-state index contributed by atoms with van der Waals surface area (Å²) in [7, 11) is -2.14. The van der Waals surface area contributed by atoms with E-state index in [-0.39, 0.29) is 52.3 Å². The maximum absolute atomic E-state index is 14.6. The normalized spacial score (nSPS) is 21.7. The number of nitrogens with one attached hydrogen (secondary N) is 1. The van der Waals surface area contributed by atoms with Gasteiger partial charge in [0.25, 0.3) is 5.88 Å². The molecule has 0 radical (unpaired) electrons. The van der Waals surface area contributed by atoms with Crippen LogP contribution in [0.3, 0.4) is 0 Å². The average molecular weight is 509 g/mol. The molecule has 3 atom stereocenters. The van der Waals surface area contributed by atoms with Crippen molar-refractivity contribution in [2.24, 2.45) is 0 Å². The number of anilines is 2. The molecule has 2 aliphatic heterocycles. The Hall–Kier alpha value is -3.15. The average Bonchev–Trinajstić information content (AvgIpc) is 3.31. The van der Waals surface area contributed by atoms with Gasteiger partial charge in [0, 0.05) is 18.7 Å². The predicted octanol–water partition coefficient (Wildman–Crippen LogP) is 3.69. The van der Waals surface area contributed by atoms with Crippen molar-refractivity contribution in [2.45, 2.75) is 68.7 Å². The van der Waals surface area contributed by atoms with Crippen LogP contribution in [0.2, 0.25) is 0 Å². The number of aromatic nitrogens is 2. The largest absolute Gasteiger partial charge is 0.489 e. The van der Waals surface area contributed by atoms with E-state index >= 15 is 0 Å². The molecule has 0 aliphatic carbocycles. The monoisotopic (exact) mass is 508 g/mol. The topological polar surface area (TPSA) is 120 Å². The first-order valence-electron chi connectivity index (χ1n) is 11.2. The summed E-state index contributed by atoms with van der Waals surface area (Å²) in [6.45, 7) is 5.48. The van der Waals surface area contributed by atoms with Gasteiger partial charge in [0.1, 0.15) is 23.8 Å². The van der Waals surface area contributed by atoms with Crippen molar-refractivity contribution in [3.63, 3.8) is 0 Å². The number of halogens is 1. The Morgan fingerprint density at radius 1 is 1.23 bits per heavy atom. The van der Waals surface area contributed by atoms with Crippen molar-refractivity contribution >= 4 is 27.4 Å². The van der Waals surface area contributed by atoms with E-state index < -0.39 is 21.3 Å². The summed E-state index contributed by atoms with van der Waals surface area (Å²) in [4.78, 5) is 22.7. The third-order valence-electron chi connectivity index (χ3n) is 5.94. The number of carbonyl (C=O) groups excluding carboxylic acids is 1. The number of carbonyl (C=O) groups is 1. The van der Waals surface area contributed by atoms with Gasteiger partial charge in [-0.25, -0.2) is 22.6 Å². The Bertz CT molecular complexity index is 1230. The van der Waals surface area contributed by atoms with E-state index in [0.29, 0.717) is 6.42 Å². The number of hydrogen-bond acceptors (Lipinski definition) is 9. The van der Waals surface area contributed by atoms with Gasteiger partial charge in [-0.2, -0.15) is 4.98 Å². The zero-order valence-corrected chi connectivity index (χ0v) is 21.1. The molecule has 190 valence electrons. The predicted molar refractivity (Wildman–Crippen MR) is 125 cm³/mol. The lowest BCUT2D eigenvalue weighted by Crippen LogP contribution is -2.42. The lowest BCUT2D eigenvalue weighted by molar-refractivity contribution is 0.0179. The molecule has 10 nitrogen and oxygen atoms in total. The number of hydrogen-bond donors (Lipinski definition) is 1. The van der Waals surface area contributed by atoms with Crippen LogP contribution in [0.4, 0.5) is 20.7 Å². The molecule has 1 N–H and O–H groups in total. The molecule has 0 saturated carbocycles. The summed E-state index contributed by atoms with van der Waals surface area (Å²) >= 11 is 0. The van der Waals surface area contributed by atoms with Gasteiger partial charge in [-0.15, -0.1) is 0 Å². The van der Waals surface area contributed by atoms with Gasteiger partial charge in [-0.05, 0) is 51.8 Å². The second kappa shape index (κ2) is 9.14. The van der Waals surface area contributed by atoms with Crippen LogP contribution in [-0.2, 0) is 14.6 Å². The number of ether oxygens (including phenoxy) is 3. The highest BCUT2D eigenvalue weighted by Crippen LogP contribution is 2.42.